The molecule has 0 bridgehead atoms. The molecule has 0 unspecified atom stereocenters. The fraction of sp³-hybridized carbons (Fsp3) is 0.421. The molecule has 260 valence electrons. The highest BCUT2D eigenvalue weighted by Gasteiger charge is 2.31. The maximum Gasteiger partial charge on any atom is 0.255 e. The second-order valence-corrected chi connectivity index (χ2v) is 12.5. The third-order valence-corrected chi connectivity index (χ3v) is 8.74. The zero-order valence-corrected chi connectivity index (χ0v) is 28.2. The van der Waals surface area contributed by atoms with Crippen LogP contribution in [0, 0.1) is 0 Å². The molecule has 1 saturated heterocycles. The molecule has 2 aliphatic heterocycles. The molecule has 11 heteroatoms. The second-order valence-electron chi connectivity index (χ2n) is 12.5. The number of hydrogen-bond acceptors (Lipinski definition) is 7. The van der Waals surface area contributed by atoms with Crippen molar-refractivity contribution in [3.8, 4) is 5.75 Å². The molecule has 2 atom stereocenters. The van der Waals surface area contributed by atoms with Crippen molar-refractivity contribution >= 4 is 23.6 Å². The van der Waals surface area contributed by atoms with E-state index in [0.717, 1.165) is 49.2 Å². The summed E-state index contributed by atoms with van der Waals surface area (Å²) in [4.78, 5) is 58.9. The van der Waals surface area contributed by atoms with E-state index in [9.17, 15) is 19.2 Å². The molecule has 11 nitrogen and oxygen atoms in total. The number of hydrogen-bond donors (Lipinski definition) is 3. The summed E-state index contributed by atoms with van der Waals surface area (Å²) in [6.07, 6.45) is 1.60. The number of rotatable bonds is 10. The van der Waals surface area contributed by atoms with Gasteiger partial charge in [0, 0.05) is 39.1 Å². The summed E-state index contributed by atoms with van der Waals surface area (Å²) in [7, 11) is 0. The fourth-order valence-electron chi connectivity index (χ4n) is 6.05. The number of benzene rings is 3. The number of carbonyl (C=O) groups is 4. The minimum absolute atomic E-state index is 0.153. The number of amides is 4. The Morgan fingerprint density at radius 1 is 0.857 bits per heavy atom. The molecular formula is C38H47N5O6. The van der Waals surface area contributed by atoms with Crippen molar-refractivity contribution in [2.45, 2.75) is 57.8 Å². The molecule has 3 aromatic carbocycles. The SMILES string of the molecule is CCCCN1CCOc2ccccc2C(=O)N[C@H](C(=O)NCc2cccc(CN3CCOCC3)c2)CC(=O)N[C@@H](Cc2ccccc2)C1=O. The summed E-state index contributed by atoms with van der Waals surface area (Å²) in [5, 5.41) is 8.58. The van der Waals surface area contributed by atoms with Crippen LogP contribution in [0.1, 0.15) is 53.2 Å². The molecule has 0 aromatic heterocycles. The lowest BCUT2D eigenvalue weighted by Crippen LogP contribution is -2.54. The Hall–Kier alpha value is -4.74. The lowest BCUT2D eigenvalue weighted by atomic mass is 10.0. The van der Waals surface area contributed by atoms with Crippen molar-refractivity contribution in [3.63, 3.8) is 0 Å². The van der Waals surface area contributed by atoms with Gasteiger partial charge in [-0.25, -0.2) is 0 Å². The normalized spacial score (nSPS) is 19.5. The van der Waals surface area contributed by atoms with Gasteiger partial charge in [0.25, 0.3) is 5.91 Å². The molecule has 2 aliphatic rings. The summed E-state index contributed by atoms with van der Waals surface area (Å²) >= 11 is 0. The molecule has 3 aromatic rings. The first-order valence-corrected chi connectivity index (χ1v) is 17.2. The predicted molar refractivity (Wildman–Crippen MR) is 186 cm³/mol. The van der Waals surface area contributed by atoms with Crippen molar-refractivity contribution < 1.29 is 28.7 Å². The van der Waals surface area contributed by atoms with Crippen molar-refractivity contribution in [1.82, 2.24) is 25.8 Å². The Balaban J connectivity index is 1.36. The van der Waals surface area contributed by atoms with E-state index in [1.54, 1.807) is 29.2 Å². The maximum absolute atomic E-state index is 14.0. The number of nitrogens with zero attached hydrogens (tertiary/aromatic N) is 2. The summed E-state index contributed by atoms with van der Waals surface area (Å²) in [5.74, 6) is -1.45. The van der Waals surface area contributed by atoms with Gasteiger partial charge in [0.2, 0.25) is 17.7 Å². The highest BCUT2D eigenvalue weighted by molar-refractivity contribution is 6.01. The zero-order chi connectivity index (χ0) is 34.4. The van der Waals surface area contributed by atoms with Gasteiger partial charge in [-0.15, -0.1) is 0 Å². The van der Waals surface area contributed by atoms with E-state index in [1.165, 1.54) is 0 Å². The topological polar surface area (TPSA) is 129 Å². The minimum atomic E-state index is -1.20. The van der Waals surface area contributed by atoms with Crippen LogP contribution < -0.4 is 20.7 Å². The van der Waals surface area contributed by atoms with Gasteiger partial charge in [-0.3, -0.25) is 24.1 Å². The van der Waals surface area contributed by atoms with Gasteiger partial charge in [-0.1, -0.05) is 80.1 Å². The van der Waals surface area contributed by atoms with Crippen LogP contribution >= 0.6 is 0 Å². The highest BCUT2D eigenvalue weighted by Crippen LogP contribution is 2.19. The number of ether oxygens (including phenoxy) is 2. The number of unbranched alkanes of at least 4 members (excludes halogenated alkanes) is 1. The molecule has 5 rings (SSSR count). The monoisotopic (exact) mass is 669 g/mol. The zero-order valence-electron chi connectivity index (χ0n) is 28.2. The van der Waals surface area contributed by atoms with Gasteiger partial charge >= 0.3 is 0 Å². The van der Waals surface area contributed by atoms with Crippen LogP contribution in [0.3, 0.4) is 0 Å². The van der Waals surface area contributed by atoms with Crippen LogP contribution in [0.5, 0.6) is 5.75 Å². The number of morpholine rings is 1. The van der Waals surface area contributed by atoms with Crippen LogP contribution in [0.4, 0.5) is 0 Å². The lowest BCUT2D eigenvalue weighted by Gasteiger charge is -2.29. The van der Waals surface area contributed by atoms with Crippen molar-refractivity contribution in [3.05, 3.63) is 101 Å². The number of fused-ring (bicyclic) bond motifs is 1. The van der Waals surface area contributed by atoms with Crippen LogP contribution in [0.2, 0.25) is 0 Å². The number of nitrogens with one attached hydrogen (secondary N) is 3. The van der Waals surface area contributed by atoms with Crippen LogP contribution in [0.25, 0.3) is 0 Å². The van der Waals surface area contributed by atoms with Gasteiger partial charge in [0.15, 0.2) is 0 Å². The largest absolute Gasteiger partial charge is 0.491 e. The molecule has 0 aliphatic carbocycles. The van der Waals surface area contributed by atoms with Crippen LogP contribution in [-0.2, 0) is 38.6 Å². The third-order valence-electron chi connectivity index (χ3n) is 8.74. The van der Waals surface area contributed by atoms with Gasteiger partial charge in [-0.05, 0) is 35.2 Å². The Morgan fingerprint density at radius 2 is 1.59 bits per heavy atom. The maximum atomic E-state index is 14.0. The van der Waals surface area contributed by atoms with E-state index in [1.807, 2.05) is 48.5 Å². The average Bonchev–Trinajstić information content (AvgIpc) is 3.12. The summed E-state index contributed by atoms with van der Waals surface area (Å²) in [5.41, 5.74) is 3.15. The first kappa shape index (κ1) is 35.6. The first-order chi connectivity index (χ1) is 23.9. The van der Waals surface area contributed by atoms with Crippen molar-refractivity contribution in [2.75, 3.05) is 46.0 Å². The molecular weight excluding hydrogens is 622 g/mol. The van der Waals surface area contributed by atoms with Gasteiger partial charge in [0.05, 0.1) is 31.7 Å². The molecule has 1 fully saturated rings. The van der Waals surface area contributed by atoms with Gasteiger partial charge in [0.1, 0.15) is 24.4 Å². The number of para-hydroxylation sites is 1. The molecule has 0 radical (unpaired) electrons. The Labute approximate surface area is 288 Å². The van der Waals surface area contributed by atoms with E-state index < -0.39 is 29.8 Å². The highest BCUT2D eigenvalue weighted by atomic mass is 16.5. The van der Waals surface area contributed by atoms with Crippen LogP contribution in [-0.4, -0.2) is 91.5 Å². The summed E-state index contributed by atoms with van der Waals surface area (Å²) < 4.78 is 11.5. The van der Waals surface area contributed by atoms with E-state index in [2.05, 4.69) is 33.8 Å². The van der Waals surface area contributed by atoms with Gasteiger partial charge in [-0.2, -0.15) is 0 Å². The molecule has 0 spiro atoms. The molecule has 4 amide bonds. The van der Waals surface area contributed by atoms with Crippen molar-refractivity contribution in [2.24, 2.45) is 0 Å². The standard InChI is InChI=1S/C38H47N5O6/c1-2-3-16-43-19-22-49-34-15-8-7-14-31(34)36(45)41-32(25-35(44)40-33(38(43)47)24-28-10-5-4-6-11-28)37(46)39-26-29-12-9-13-30(23-29)27-42-17-20-48-21-18-42/h4-15,23,32-33H,2-3,16-22,24-27H2,1H3,(H,39,46)(H,40,44)(H,41,45)/t32-,33-/m0/s1. The molecule has 3 N–H and O–H groups in total. The van der Waals surface area contributed by atoms with E-state index in [4.69, 9.17) is 9.47 Å². The quantitative estimate of drug-likeness (QED) is 0.303. The van der Waals surface area contributed by atoms with Gasteiger partial charge < -0.3 is 30.3 Å². The summed E-state index contributed by atoms with van der Waals surface area (Å²) in [6, 6.07) is 22.2. The first-order valence-electron chi connectivity index (χ1n) is 17.2. The predicted octanol–water partition coefficient (Wildman–Crippen LogP) is 3.07. The lowest BCUT2D eigenvalue weighted by molar-refractivity contribution is -0.137. The second kappa shape index (κ2) is 18.1. The van der Waals surface area contributed by atoms with Crippen molar-refractivity contribution in [1.29, 1.82) is 0 Å². The average molecular weight is 670 g/mol. The van der Waals surface area contributed by atoms with E-state index >= 15 is 0 Å². The number of carbonyl (C=O) groups excluding carboxylic acids is 4. The summed E-state index contributed by atoms with van der Waals surface area (Å²) in [6.45, 7) is 7.15. The third kappa shape index (κ3) is 10.6. The smallest absolute Gasteiger partial charge is 0.255 e. The fourth-order valence-corrected chi connectivity index (χ4v) is 6.05. The Kier molecular flexibility index (Phi) is 13.2. The Bertz CT molecular complexity index is 1560. The minimum Gasteiger partial charge on any atom is -0.491 e. The van der Waals surface area contributed by atoms with E-state index in [0.29, 0.717) is 25.5 Å². The van der Waals surface area contributed by atoms with Crippen LogP contribution in [0.15, 0.2) is 78.9 Å². The molecule has 0 saturated carbocycles. The molecule has 2 heterocycles. The molecule has 49 heavy (non-hydrogen) atoms. The van der Waals surface area contributed by atoms with E-state index in [-0.39, 0.29) is 44.0 Å². The Morgan fingerprint density at radius 3 is 2.39 bits per heavy atom.